The molecule has 1 saturated heterocycles. The second-order valence-corrected chi connectivity index (χ2v) is 7.01. The van der Waals surface area contributed by atoms with Crippen LogP contribution in [0.15, 0.2) is 17.2 Å². The van der Waals surface area contributed by atoms with E-state index in [1.54, 1.807) is 10.9 Å². The van der Waals surface area contributed by atoms with Gasteiger partial charge < -0.3 is 4.74 Å². The van der Waals surface area contributed by atoms with Gasteiger partial charge in [0.15, 0.2) is 5.65 Å². The summed E-state index contributed by atoms with van der Waals surface area (Å²) in [5.74, 6) is 0.664. The number of rotatable bonds is 3. The van der Waals surface area contributed by atoms with E-state index >= 15 is 0 Å². The van der Waals surface area contributed by atoms with Crippen LogP contribution in [-0.4, -0.2) is 52.3 Å². The normalized spacial score (nSPS) is 21.8. The third kappa shape index (κ3) is 3.08. The summed E-state index contributed by atoms with van der Waals surface area (Å²) in [4.78, 5) is 24.2. The molecule has 0 amide bonds. The molecule has 1 unspecified atom stereocenters. The average Bonchev–Trinajstić information content (AvgIpc) is 2.61. The van der Waals surface area contributed by atoms with Crippen molar-refractivity contribution in [1.29, 1.82) is 0 Å². The zero-order chi connectivity index (χ0) is 16.5. The van der Waals surface area contributed by atoms with Gasteiger partial charge in [-0.25, -0.2) is 9.97 Å². The maximum atomic E-state index is 12.8. The van der Waals surface area contributed by atoms with Crippen LogP contribution < -0.4 is 5.56 Å². The summed E-state index contributed by atoms with van der Waals surface area (Å²) in [6.07, 6.45) is 4.83. The Labute approximate surface area is 141 Å². The zero-order valence-corrected chi connectivity index (χ0v) is 14.2. The standard InChI is InChI=1S/C18H24N4O2/c1-13-2-3-16-14(10-13)11-15-17(20-16)19-12-22(18(15)23)5-4-21-6-8-24-9-7-21/h11-13H,2-10H2,1H3. The highest BCUT2D eigenvalue weighted by molar-refractivity contribution is 5.74. The van der Waals surface area contributed by atoms with E-state index in [2.05, 4.69) is 21.8 Å². The van der Waals surface area contributed by atoms with Crippen molar-refractivity contribution in [3.05, 3.63) is 34.0 Å². The molecule has 128 valence electrons. The van der Waals surface area contributed by atoms with Crippen LogP contribution in [0.3, 0.4) is 0 Å². The van der Waals surface area contributed by atoms with Crippen LogP contribution >= 0.6 is 0 Å². The maximum absolute atomic E-state index is 12.8. The minimum Gasteiger partial charge on any atom is -0.379 e. The Hall–Kier alpha value is -1.79. The Morgan fingerprint density at radius 1 is 1.29 bits per heavy atom. The van der Waals surface area contributed by atoms with Crippen molar-refractivity contribution in [1.82, 2.24) is 19.4 Å². The lowest BCUT2D eigenvalue weighted by atomic mass is 9.87. The number of aryl methyl sites for hydroxylation is 1. The van der Waals surface area contributed by atoms with Crippen LogP contribution in [-0.2, 0) is 24.1 Å². The fourth-order valence-electron chi connectivity index (χ4n) is 3.66. The molecule has 1 aliphatic carbocycles. The highest BCUT2D eigenvalue weighted by atomic mass is 16.5. The van der Waals surface area contributed by atoms with Crippen LogP contribution in [0.2, 0.25) is 0 Å². The summed E-state index contributed by atoms with van der Waals surface area (Å²) in [6.45, 7) is 7.20. The van der Waals surface area contributed by atoms with E-state index in [9.17, 15) is 4.79 Å². The number of hydrogen-bond donors (Lipinski definition) is 0. The Morgan fingerprint density at radius 3 is 2.96 bits per heavy atom. The Bertz CT molecular complexity index is 795. The first-order chi connectivity index (χ1) is 11.7. The van der Waals surface area contributed by atoms with Crippen molar-refractivity contribution in [3.8, 4) is 0 Å². The van der Waals surface area contributed by atoms with Crippen molar-refractivity contribution < 1.29 is 4.74 Å². The van der Waals surface area contributed by atoms with E-state index in [1.165, 1.54) is 12.0 Å². The molecule has 1 aliphatic heterocycles. The van der Waals surface area contributed by atoms with Crippen LogP contribution in [0.25, 0.3) is 11.0 Å². The molecule has 4 rings (SSSR count). The molecule has 6 heteroatoms. The molecular weight excluding hydrogens is 304 g/mol. The van der Waals surface area contributed by atoms with E-state index in [4.69, 9.17) is 4.74 Å². The SMILES string of the molecule is CC1CCc2nc3ncn(CCN4CCOCC4)c(=O)c3cc2C1. The fourth-order valence-corrected chi connectivity index (χ4v) is 3.66. The van der Waals surface area contributed by atoms with Gasteiger partial charge in [-0.15, -0.1) is 0 Å². The predicted molar refractivity (Wildman–Crippen MR) is 92.2 cm³/mol. The topological polar surface area (TPSA) is 60.3 Å². The van der Waals surface area contributed by atoms with E-state index < -0.39 is 0 Å². The molecule has 1 atom stereocenters. The lowest BCUT2D eigenvalue weighted by Gasteiger charge is -2.26. The molecule has 0 saturated carbocycles. The second kappa shape index (κ2) is 6.61. The van der Waals surface area contributed by atoms with Gasteiger partial charge in [0.05, 0.1) is 18.6 Å². The van der Waals surface area contributed by atoms with Gasteiger partial charge in [0, 0.05) is 31.9 Å². The van der Waals surface area contributed by atoms with Crippen molar-refractivity contribution in [2.24, 2.45) is 5.92 Å². The minimum absolute atomic E-state index is 0.0294. The van der Waals surface area contributed by atoms with Crippen molar-refractivity contribution in [2.45, 2.75) is 32.7 Å². The minimum atomic E-state index is 0.0294. The maximum Gasteiger partial charge on any atom is 0.262 e. The van der Waals surface area contributed by atoms with Gasteiger partial charge in [-0.3, -0.25) is 14.3 Å². The van der Waals surface area contributed by atoms with Gasteiger partial charge in [0.1, 0.15) is 6.33 Å². The molecule has 2 aromatic rings. The quantitative estimate of drug-likeness (QED) is 0.849. The summed E-state index contributed by atoms with van der Waals surface area (Å²) in [5.41, 5.74) is 2.97. The summed E-state index contributed by atoms with van der Waals surface area (Å²) in [7, 11) is 0. The third-order valence-corrected chi connectivity index (χ3v) is 5.18. The smallest absolute Gasteiger partial charge is 0.262 e. The molecule has 3 heterocycles. The van der Waals surface area contributed by atoms with Gasteiger partial charge in [-0.05, 0) is 36.8 Å². The largest absolute Gasteiger partial charge is 0.379 e. The molecule has 0 radical (unpaired) electrons. The van der Waals surface area contributed by atoms with Crippen LogP contribution in [0, 0.1) is 5.92 Å². The molecule has 2 aromatic heterocycles. The Balaban J connectivity index is 1.60. The predicted octanol–water partition coefficient (Wildman–Crippen LogP) is 1.25. The molecule has 0 bridgehead atoms. The number of aromatic nitrogens is 3. The highest BCUT2D eigenvalue weighted by Gasteiger charge is 2.19. The number of ether oxygens (including phenoxy) is 1. The van der Waals surface area contributed by atoms with E-state index in [0.29, 0.717) is 23.5 Å². The van der Waals surface area contributed by atoms with E-state index in [0.717, 1.165) is 51.4 Å². The van der Waals surface area contributed by atoms with Gasteiger partial charge >= 0.3 is 0 Å². The number of fused-ring (bicyclic) bond motifs is 2. The average molecular weight is 328 g/mol. The van der Waals surface area contributed by atoms with Gasteiger partial charge in [-0.2, -0.15) is 0 Å². The monoisotopic (exact) mass is 328 g/mol. The Morgan fingerprint density at radius 2 is 2.12 bits per heavy atom. The first kappa shape index (κ1) is 15.7. The van der Waals surface area contributed by atoms with Crippen LogP contribution in [0.4, 0.5) is 0 Å². The lowest BCUT2D eigenvalue weighted by Crippen LogP contribution is -2.39. The molecule has 24 heavy (non-hydrogen) atoms. The highest BCUT2D eigenvalue weighted by Crippen LogP contribution is 2.25. The first-order valence-electron chi connectivity index (χ1n) is 8.89. The first-order valence-corrected chi connectivity index (χ1v) is 8.89. The number of nitrogens with zero attached hydrogens (tertiary/aromatic N) is 4. The molecular formula is C18H24N4O2. The van der Waals surface area contributed by atoms with E-state index in [-0.39, 0.29) is 5.56 Å². The molecule has 0 N–H and O–H groups in total. The van der Waals surface area contributed by atoms with Gasteiger partial charge in [-0.1, -0.05) is 6.92 Å². The summed E-state index contributed by atoms with van der Waals surface area (Å²) < 4.78 is 7.08. The van der Waals surface area contributed by atoms with Crippen molar-refractivity contribution in [3.63, 3.8) is 0 Å². The molecule has 1 fully saturated rings. The summed E-state index contributed by atoms with van der Waals surface area (Å²) >= 11 is 0. The third-order valence-electron chi connectivity index (χ3n) is 5.18. The van der Waals surface area contributed by atoms with Crippen molar-refractivity contribution in [2.75, 3.05) is 32.8 Å². The molecule has 0 aromatic carbocycles. The summed E-state index contributed by atoms with van der Waals surface area (Å²) in [6, 6.07) is 2.04. The van der Waals surface area contributed by atoms with Crippen LogP contribution in [0.5, 0.6) is 0 Å². The second-order valence-electron chi connectivity index (χ2n) is 7.01. The number of morpholine rings is 1. The van der Waals surface area contributed by atoms with Gasteiger partial charge in [0.2, 0.25) is 0 Å². The number of pyridine rings is 1. The fraction of sp³-hybridized carbons (Fsp3) is 0.611. The summed E-state index contributed by atoms with van der Waals surface area (Å²) in [5, 5.41) is 0.660. The number of hydrogen-bond acceptors (Lipinski definition) is 5. The Kier molecular flexibility index (Phi) is 4.33. The van der Waals surface area contributed by atoms with E-state index in [1.807, 2.05) is 6.07 Å². The molecule has 0 spiro atoms. The lowest BCUT2D eigenvalue weighted by molar-refractivity contribution is 0.0362. The molecule has 6 nitrogen and oxygen atoms in total. The van der Waals surface area contributed by atoms with Crippen LogP contribution in [0.1, 0.15) is 24.6 Å². The van der Waals surface area contributed by atoms with Gasteiger partial charge in [0.25, 0.3) is 5.56 Å². The molecule has 2 aliphatic rings. The van der Waals surface area contributed by atoms with Crippen molar-refractivity contribution >= 4 is 11.0 Å². The zero-order valence-electron chi connectivity index (χ0n) is 14.2.